The standard InChI is InChI=1S/C21H25F3N4O2S/c1-5-15(16(6-2)30-17-9-8-14(12-25-17)21(22,23)24)27(7-3)19(29)18-13(4)26-20-28(18)10-11-31-20/h8-12,15-16H,5-7H2,1-4H3. The van der Waals surface area contributed by atoms with Crippen LogP contribution in [0.3, 0.4) is 0 Å². The van der Waals surface area contributed by atoms with Gasteiger partial charge in [-0.1, -0.05) is 13.8 Å². The molecular formula is C21H25F3N4O2S. The molecule has 3 aromatic rings. The molecule has 0 aromatic carbocycles. The topological polar surface area (TPSA) is 59.7 Å². The van der Waals surface area contributed by atoms with E-state index in [0.29, 0.717) is 30.8 Å². The summed E-state index contributed by atoms with van der Waals surface area (Å²) in [6.45, 7) is 8.02. The normalized spacial score (nSPS) is 13.9. The van der Waals surface area contributed by atoms with Crippen LogP contribution < -0.4 is 4.74 Å². The van der Waals surface area contributed by atoms with Gasteiger partial charge in [0.2, 0.25) is 5.88 Å². The lowest BCUT2D eigenvalue weighted by Gasteiger charge is -2.35. The fraction of sp³-hybridized carbons (Fsp3) is 0.476. The monoisotopic (exact) mass is 454 g/mol. The number of likely N-dealkylation sites (N-methyl/N-ethyl adjacent to an activating group) is 1. The molecule has 0 saturated heterocycles. The molecule has 0 bridgehead atoms. The summed E-state index contributed by atoms with van der Waals surface area (Å²) in [4.78, 5) is 24.2. The predicted octanol–water partition coefficient (Wildman–Crippen LogP) is 5.22. The molecule has 1 amide bonds. The van der Waals surface area contributed by atoms with Gasteiger partial charge in [-0.15, -0.1) is 11.3 Å². The van der Waals surface area contributed by atoms with Crippen molar-refractivity contribution in [1.82, 2.24) is 19.3 Å². The highest BCUT2D eigenvalue weighted by Crippen LogP contribution is 2.30. The number of alkyl halides is 3. The summed E-state index contributed by atoms with van der Waals surface area (Å²) in [5.41, 5.74) is 0.337. The number of amides is 1. The van der Waals surface area contributed by atoms with E-state index in [1.807, 2.05) is 39.3 Å². The minimum atomic E-state index is -4.46. The fourth-order valence-corrected chi connectivity index (χ4v) is 4.47. The molecule has 3 aromatic heterocycles. The van der Waals surface area contributed by atoms with Crippen LogP contribution in [0.25, 0.3) is 4.96 Å². The summed E-state index contributed by atoms with van der Waals surface area (Å²) in [6, 6.07) is 1.88. The molecule has 0 aliphatic rings. The van der Waals surface area contributed by atoms with Crippen molar-refractivity contribution in [2.75, 3.05) is 6.54 Å². The van der Waals surface area contributed by atoms with Gasteiger partial charge in [-0.2, -0.15) is 13.2 Å². The maximum atomic E-state index is 13.5. The third-order valence-electron chi connectivity index (χ3n) is 5.23. The Morgan fingerprint density at radius 2 is 2.00 bits per heavy atom. The summed E-state index contributed by atoms with van der Waals surface area (Å²) in [5, 5.41) is 1.88. The van der Waals surface area contributed by atoms with Crippen LogP contribution in [0.15, 0.2) is 29.9 Å². The number of aromatic nitrogens is 3. The van der Waals surface area contributed by atoms with E-state index in [-0.39, 0.29) is 17.8 Å². The third-order valence-corrected chi connectivity index (χ3v) is 5.98. The molecule has 2 atom stereocenters. The molecular weight excluding hydrogens is 429 g/mol. The Labute approximate surface area is 182 Å². The Hall–Kier alpha value is -2.62. The van der Waals surface area contributed by atoms with Gasteiger partial charge in [0.05, 0.1) is 17.3 Å². The Bertz CT molecular complexity index is 1030. The van der Waals surface area contributed by atoms with E-state index in [1.165, 1.54) is 17.4 Å². The lowest BCUT2D eigenvalue weighted by atomic mass is 10.0. The third kappa shape index (κ3) is 4.68. The molecule has 6 nitrogen and oxygen atoms in total. The average Bonchev–Trinajstić information content (AvgIpc) is 3.29. The molecule has 3 heterocycles. The second-order valence-electron chi connectivity index (χ2n) is 7.12. The highest BCUT2D eigenvalue weighted by atomic mass is 32.1. The number of carbonyl (C=O) groups excluding carboxylic acids is 1. The number of halogens is 3. The molecule has 2 unspecified atom stereocenters. The first-order valence-corrected chi connectivity index (χ1v) is 11.0. The van der Waals surface area contributed by atoms with Crippen LogP contribution in [-0.4, -0.2) is 43.9 Å². The smallest absolute Gasteiger partial charge is 0.417 e. The summed E-state index contributed by atoms with van der Waals surface area (Å²) in [7, 11) is 0. The summed E-state index contributed by atoms with van der Waals surface area (Å²) in [6.07, 6.45) is -1.13. The van der Waals surface area contributed by atoms with E-state index >= 15 is 0 Å². The van der Waals surface area contributed by atoms with Crippen molar-refractivity contribution in [3.05, 3.63) is 46.9 Å². The van der Waals surface area contributed by atoms with Crippen molar-refractivity contribution in [2.45, 2.75) is 58.9 Å². The van der Waals surface area contributed by atoms with Gasteiger partial charge < -0.3 is 9.64 Å². The number of fused-ring (bicyclic) bond motifs is 1. The van der Waals surface area contributed by atoms with E-state index in [1.54, 1.807) is 9.30 Å². The Morgan fingerprint density at radius 3 is 2.55 bits per heavy atom. The zero-order valence-electron chi connectivity index (χ0n) is 17.8. The second kappa shape index (κ2) is 9.25. The van der Waals surface area contributed by atoms with Crippen LogP contribution >= 0.6 is 11.3 Å². The summed E-state index contributed by atoms with van der Waals surface area (Å²) < 4.78 is 46.1. The average molecular weight is 455 g/mol. The molecule has 0 fully saturated rings. The number of pyridine rings is 1. The maximum absolute atomic E-state index is 13.5. The molecule has 3 rings (SSSR count). The Balaban J connectivity index is 1.85. The van der Waals surface area contributed by atoms with Crippen molar-refractivity contribution in [3.8, 4) is 5.88 Å². The van der Waals surface area contributed by atoms with Crippen LogP contribution in [0.5, 0.6) is 5.88 Å². The second-order valence-corrected chi connectivity index (χ2v) is 7.99. The quantitative estimate of drug-likeness (QED) is 0.469. The highest BCUT2D eigenvalue weighted by Gasteiger charge is 2.33. The lowest BCUT2D eigenvalue weighted by molar-refractivity contribution is -0.137. The van der Waals surface area contributed by atoms with Gasteiger partial charge >= 0.3 is 6.18 Å². The van der Waals surface area contributed by atoms with Gasteiger partial charge in [0.15, 0.2) is 4.96 Å². The van der Waals surface area contributed by atoms with Crippen molar-refractivity contribution in [2.24, 2.45) is 0 Å². The molecule has 31 heavy (non-hydrogen) atoms. The van der Waals surface area contributed by atoms with Crippen LogP contribution in [0.2, 0.25) is 0 Å². The van der Waals surface area contributed by atoms with E-state index in [4.69, 9.17) is 4.74 Å². The van der Waals surface area contributed by atoms with Crippen LogP contribution in [0, 0.1) is 6.92 Å². The number of hydrogen-bond acceptors (Lipinski definition) is 5. The van der Waals surface area contributed by atoms with E-state index in [0.717, 1.165) is 17.2 Å². The largest absolute Gasteiger partial charge is 0.472 e. The van der Waals surface area contributed by atoms with Gasteiger partial charge in [0, 0.05) is 30.4 Å². The van der Waals surface area contributed by atoms with Gasteiger partial charge in [-0.25, -0.2) is 9.97 Å². The molecule has 0 radical (unpaired) electrons. The summed E-state index contributed by atoms with van der Waals surface area (Å²) in [5.74, 6) is -0.0530. The Morgan fingerprint density at radius 1 is 1.26 bits per heavy atom. The van der Waals surface area contributed by atoms with Crippen molar-refractivity contribution in [1.29, 1.82) is 0 Å². The SMILES string of the molecule is CCC(Oc1ccc(C(F)(F)F)cn1)C(CC)N(CC)C(=O)c1c(C)nc2sccn12. The van der Waals surface area contributed by atoms with Crippen molar-refractivity contribution >= 4 is 22.2 Å². The Kier molecular flexibility index (Phi) is 6.88. The lowest BCUT2D eigenvalue weighted by Crippen LogP contribution is -2.49. The number of thiazole rings is 1. The minimum Gasteiger partial charge on any atom is -0.472 e. The van der Waals surface area contributed by atoms with Gasteiger partial charge in [0.25, 0.3) is 5.91 Å². The van der Waals surface area contributed by atoms with Crippen molar-refractivity contribution in [3.63, 3.8) is 0 Å². The summed E-state index contributed by atoms with van der Waals surface area (Å²) >= 11 is 1.46. The van der Waals surface area contributed by atoms with Crippen LogP contribution in [-0.2, 0) is 6.18 Å². The number of ether oxygens (including phenoxy) is 1. The van der Waals surface area contributed by atoms with E-state index in [2.05, 4.69) is 9.97 Å². The zero-order chi connectivity index (χ0) is 22.8. The molecule has 0 N–H and O–H groups in total. The van der Waals surface area contributed by atoms with Gasteiger partial charge in [-0.05, 0) is 32.8 Å². The molecule has 0 spiro atoms. The number of aryl methyl sites for hydroxylation is 1. The number of rotatable bonds is 8. The fourth-order valence-electron chi connectivity index (χ4n) is 3.71. The number of imidazole rings is 1. The number of hydrogen-bond donors (Lipinski definition) is 0. The predicted molar refractivity (Wildman–Crippen MR) is 113 cm³/mol. The first-order chi connectivity index (χ1) is 14.7. The van der Waals surface area contributed by atoms with Crippen LogP contribution in [0.4, 0.5) is 13.2 Å². The molecule has 0 saturated carbocycles. The van der Waals surface area contributed by atoms with E-state index < -0.39 is 17.8 Å². The van der Waals surface area contributed by atoms with Gasteiger partial charge in [0.1, 0.15) is 11.8 Å². The first kappa shape index (κ1) is 23.1. The van der Waals surface area contributed by atoms with Crippen LogP contribution in [0.1, 0.15) is 55.4 Å². The molecule has 10 heteroatoms. The number of carbonyl (C=O) groups is 1. The number of nitrogens with zero attached hydrogens (tertiary/aromatic N) is 4. The van der Waals surface area contributed by atoms with Crippen molar-refractivity contribution < 1.29 is 22.7 Å². The molecule has 168 valence electrons. The maximum Gasteiger partial charge on any atom is 0.417 e. The minimum absolute atomic E-state index is 0.0996. The molecule has 0 aliphatic carbocycles. The zero-order valence-corrected chi connectivity index (χ0v) is 18.6. The first-order valence-electron chi connectivity index (χ1n) is 10.1. The van der Waals surface area contributed by atoms with E-state index in [9.17, 15) is 18.0 Å². The highest BCUT2D eigenvalue weighted by molar-refractivity contribution is 7.15. The van der Waals surface area contributed by atoms with Gasteiger partial charge in [-0.3, -0.25) is 9.20 Å². The molecule has 0 aliphatic heterocycles.